The molecule has 1 amide bonds. The number of aryl methyl sites for hydroxylation is 2. The van der Waals surface area contributed by atoms with Crippen LogP contribution in [0.1, 0.15) is 22.4 Å². The molecule has 8 heteroatoms. The highest BCUT2D eigenvalue weighted by Gasteiger charge is 2.35. The van der Waals surface area contributed by atoms with Gasteiger partial charge >= 0.3 is 6.18 Å². The molecule has 0 unspecified atom stereocenters. The fourth-order valence-corrected chi connectivity index (χ4v) is 2.98. The number of amides is 1. The molecule has 0 bridgehead atoms. The van der Waals surface area contributed by atoms with Crippen LogP contribution in [0, 0.1) is 25.2 Å². The van der Waals surface area contributed by atoms with Gasteiger partial charge in [-0.1, -0.05) is 23.9 Å². The molecule has 130 valence electrons. The molecule has 0 aliphatic carbocycles. The molecule has 0 atom stereocenters. The maximum atomic E-state index is 13.1. The standard InChI is InChI=1S/C17H14F3N3OS/c1-10-4-3-5-12(6-10)23-15(24)9-25-16-13(8-21)14(17(18,19)20)7-11(2)22-16/h3-7H,9H2,1-2H3,(H,23,24). The molecule has 0 aliphatic rings. The smallest absolute Gasteiger partial charge is 0.325 e. The number of rotatable bonds is 4. The number of nitrogens with one attached hydrogen (secondary N) is 1. The summed E-state index contributed by atoms with van der Waals surface area (Å²) in [6, 6.07) is 9.51. The Bertz CT molecular complexity index is 844. The molecule has 0 saturated heterocycles. The molecule has 25 heavy (non-hydrogen) atoms. The predicted octanol–water partition coefficient (Wildman–Crippen LogP) is 4.32. The van der Waals surface area contributed by atoms with Gasteiger partial charge in [0, 0.05) is 11.4 Å². The minimum Gasteiger partial charge on any atom is -0.325 e. The Morgan fingerprint density at radius 1 is 1.32 bits per heavy atom. The number of carbonyl (C=O) groups excluding carboxylic acids is 1. The highest BCUT2D eigenvalue weighted by molar-refractivity contribution is 8.00. The number of halogens is 3. The molecule has 1 N–H and O–H groups in total. The number of alkyl halides is 3. The molecule has 2 rings (SSSR count). The molecule has 1 aromatic carbocycles. The number of hydrogen-bond donors (Lipinski definition) is 1. The number of thioether (sulfide) groups is 1. The molecular weight excluding hydrogens is 351 g/mol. The summed E-state index contributed by atoms with van der Waals surface area (Å²) in [6.45, 7) is 3.28. The van der Waals surface area contributed by atoms with Crippen molar-refractivity contribution in [2.75, 3.05) is 11.1 Å². The van der Waals surface area contributed by atoms with Gasteiger partial charge in [0.05, 0.1) is 16.9 Å². The second-order valence-electron chi connectivity index (χ2n) is 5.31. The van der Waals surface area contributed by atoms with Crippen LogP contribution in [0.25, 0.3) is 0 Å². The van der Waals surface area contributed by atoms with Crippen LogP contribution in [0.2, 0.25) is 0 Å². The van der Waals surface area contributed by atoms with E-state index in [0.29, 0.717) is 5.69 Å². The van der Waals surface area contributed by atoms with E-state index >= 15 is 0 Å². The van der Waals surface area contributed by atoms with Crippen molar-refractivity contribution in [2.45, 2.75) is 25.0 Å². The summed E-state index contributed by atoms with van der Waals surface area (Å²) in [7, 11) is 0. The van der Waals surface area contributed by atoms with Gasteiger partial charge in [-0.2, -0.15) is 18.4 Å². The third-order valence-corrected chi connectivity index (χ3v) is 4.15. The van der Waals surface area contributed by atoms with Crippen molar-refractivity contribution in [3.05, 3.63) is 52.7 Å². The van der Waals surface area contributed by atoms with E-state index < -0.39 is 23.2 Å². The van der Waals surface area contributed by atoms with Crippen molar-refractivity contribution >= 4 is 23.4 Å². The number of pyridine rings is 1. The normalized spacial score (nSPS) is 11.0. The van der Waals surface area contributed by atoms with E-state index in [1.807, 2.05) is 13.0 Å². The maximum absolute atomic E-state index is 13.1. The molecule has 0 radical (unpaired) electrons. The predicted molar refractivity (Wildman–Crippen MR) is 89.2 cm³/mol. The van der Waals surface area contributed by atoms with Crippen molar-refractivity contribution in [2.24, 2.45) is 0 Å². The van der Waals surface area contributed by atoms with Crippen molar-refractivity contribution in [3.8, 4) is 6.07 Å². The van der Waals surface area contributed by atoms with Gasteiger partial charge in [-0.15, -0.1) is 0 Å². The summed E-state index contributed by atoms with van der Waals surface area (Å²) < 4.78 is 39.2. The number of anilines is 1. The van der Waals surface area contributed by atoms with Crippen LogP contribution in [-0.2, 0) is 11.0 Å². The van der Waals surface area contributed by atoms with Crippen LogP contribution >= 0.6 is 11.8 Å². The summed E-state index contributed by atoms with van der Waals surface area (Å²) in [4.78, 5) is 16.0. The van der Waals surface area contributed by atoms with Crippen molar-refractivity contribution in [1.82, 2.24) is 4.98 Å². The summed E-state index contributed by atoms with van der Waals surface area (Å²) >= 11 is 0.802. The fraction of sp³-hybridized carbons (Fsp3) is 0.235. The van der Waals surface area contributed by atoms with E-state index in [1.165, 1.54) is 6.92 Å². The van der Waals surface area contributed by atoms with Gasteiger partial charge in [-0.3, -0.25) is 4.79 Å². The van der Waals surface area contributed by atoms with Crippen LogP contribution in [0.5, 0.6) is 0 Å². The van der Waals surface area contributed by atoms with Gasteiger partial charge < -0.3 is 5.32 Å². The summed E-state index contributed by atoms with van der Waals surface area (Å²) in [6.07, 6.45) is -4.65. The Morgan fingerprint density at radius 2 is 2.04 bits per heavy atom. The van der Waals surface area contributed by atoms with Crippen molar-refractivity contribution in [3.63, 3.8) is 0 Å². The second-order valence-corrected chi connectivity index (χ2v) is 6.27. The van der Waals surface area contributed by atoms with Crippen LogP contribution in [0.4, 0.5) is 18.9 Å². The van der Waals surface area contributed by atoms with Gasteiger partial charge in [-0.05, 0) is 37.6 Å². The zero-order valence-electron chi connectivity index (χ0n) is 13.4. The summed E-state index contributed by atoms with van der Waals surface area (Å²) in [5.74, 6) is -0.549. The summed E-state index contributed by atoms with van der Waals surface area (Å²) in [5.41, 5.74) is 0.0927. The minimum absolute atomic E-state index is 0.103. The molecule has 0 fully saturated rings. The van der Waals surface area contributed by atoms with Crippen LogP contribution in [0.3, 0.4) is 0 Å². The fourth-order valence-electron chi connectivity index (χ4n) is 2.13. The van der Waals surface area contributed by atoms with Crippen molar-refractivity contribution in [1.29, 1.82) is 5.26 Å². The maximum Gasteiger partial charge on any atom is 0.417 e. The van der Waals surface area contributed by atoms with Gasteiger partial charge in [0.25, 0.3) is 0 Å². The number of nitriles is 1. The first kappa shape index (κ1) is 18.8. The van der Waals surface area contributed by atoms with Crippen LogP contribution < -0.4 is 5.32 Å². The minimum atomic E-state index is -4.65. The Hall–Kier alpha value is -2.53. The summed E-state index contributed by atoms with van der Waals surface area (Å²) in [5, 5.41) is 11.6. The molecular formula is C17H14F3N3OS. The van der Waals surface area contributed by atoms with Crippen LogP contribution in [-0.4, -0.2) is 16.6 Å². The lowest BCUT2D eigenvalue weighted by atomic mass is 10.1. The molecule has 0 spiro atoms. The van der Waals surface area contributed by atoms with Gasteiger partial charge in [0.15, 0.2) is 0 Å². The number of benzene rings is 1. The van der Waals surface area contributed by atoms with E-state index in [2.05, 4.69) is 10.3 Å². The Kier molecular flexibility index (Phi) is 5.69. The molecule has 1 heterocycles. The number of hydrogen-bond acceptors (Lipinski definition) is 4. The lowest BCUT2D eigenvalue weighted by molar-refractivity contribution is -0.138. The van der Waals surface area contributed by atoms with E-state index in [-0.39, 0.29) is 16.5 Å². The van der Waals surface area contributed by atoms with Crippen molar-refractivity contribution < 1.29 is 18.0 Å². The lowest BCUT2D eigenvalue weighted by Gasteiger charge is -2.12. The van der Waals surface area contributed by atoms with E-state index in [9.17, 15) is 18.0 Å². The van der Waals surface area contributed by atoms with E-state index in [1.54, 1.807) is 24.3 Å². The zero-order valence-corrected chi connectivity index (χ0v) is 14.3. The van der Waals surface area contributed by atoms with Gasteiger partial charge in [0.1, 0.15) is 11.1 Å². The Morgan fingerprint density at radius 3 is 2.64 bits per heavy atom. The average molecular weight is 365 g/mol. The molecule has 4 nitrogen and oxygen atoms in total. The number of nitrogens with zero attached hydrogens (tertiary/aromatic N) is 2. The molecule has 1 aromatic heterocycles. The highest BCUT2D eigenvalue weighted by atomic mass is 32.2. The van der Waals surface area contributed by atoms with E-state index in [0.717, 1.165) is 23.4 Å². The largest absolute Gasteiger partial charge is 0.417 e. The first-order chi connectivity index (χ1) is 11.7. The first-order valence-corrected chi connectivity index (χ1v) is 8.17. The number of carbonyl (C=O) groups is 1. The third-order valence-electron chi connectivity index (χ3n) is 3.17. The molecule has 0 saturated carbocycles. The van der Waals surface area contributed by atoms with Crippen LogP contribution in [0.15, 0.2) is 35.4 Å². The average Bonchev–Trinajstić information content (AvgIpc) is 2.51. The Balaban J connectivity index is 2.16. The zero-order chi connectivity index (χ0) is 18.6. The quantitative estimate of drug-likeness (QED) is 0.820. The monoisotopic (exact) mass is 365 g/mol. The molecule has 2 aromatic rings. The lowest BCUT2D eigenvalue weighted by Crippen LogP contribution is -2.15. The van der Waals surface area contributed by atoms with E-state index in [4.69, 9.17) is 5.26 Å². The second kappa shape index (κ2) is 7.57. The third kappa shape index (κ3) is 4.97. The SMILES string of the molecule is Cc1cccc(NC(=O)CSc2nc(C)cc(C(F)(F)F)c2C#N)c1. The Labute approximate surface area is 147 Å². The van der Waals surface area contributed by atoms with Gasteiger partial charge in [0.2, 0.25) is 5.91 Å². The molecule has 0 aliphatic heterocycles. The number of aromatic nitrogens is 1. The van der Waals surface area contributed by atoms with Gasteiger partial charge in [-0.25, -0.2) is 4.98 Å². The highest BCUT2D eigenvalue weighted by Crippen LogP contribution is 2.35. The topological polar surface area (TPSA) is 65.8 Å². The first-order valence-electron chi connectivity index (χ1n) is 7.19.